The number of benzene rings is 2. The number of aryl methyl sites for hydroxylation is 1. The lowest BCUT2D eigenvalue weighted by atomic mass is 10.2. The number of alkyl halides is 1. The zero-order valence-corrected chi connectivity index (χ0v) is 15.8. The molecule has 0 saturated carbocycles. The molecule has 0 aliphatic carbocycles. The van der Waals surface area contributed by atoms with Crippen LogP contribution in [0.1, 0.15) is 19.4 Å². The summed E-state index contributed by atoms with van der Waals surface area (Å²) in [4.78, 5) is 0. The number of halogens is 2. The molecule has 0 aliphatic heterocycles. The van der Waals surface area contributed by atoms with E-state index in [-0.39, 0.29) is 6.10 Å². The van der Waals surface area contributed by atoms with Crippen LogP contribution in [-0.2, 0) is 0 Å². The van der Waals surface area contributed by atoms with Crippen LogP contribution >= 0.6 is 27.5 Å². The van der Waals surface area contributed by atoms with Gasteiger partial charge in [-0.1, -0.05) is 27.5 Å². The van der Waals surface area contributed by atoms with Crippen molar-refractivity contribution in [2.75, 3.05) is 11.9 Å². The lowest BCUT2D eigenvalue weighted by molar-refractivity contribution is 0.242. The van der Waals surface area contributed by atoms with Gasteiger partial charge in [-0.05, 0) is 56.7 Å². The van der Waals surface area contributed by atoms with Crippen LogP contribution in [0.15, 0.2) is 36.4 Å². The Labute approximate surface area is 150 Å². The highest BCUT2D eigenvalue weighted by atomic mass is 79.9. The first-order valence-corrected chi connectivity index (χ1v) is 8.93. The number of rotatable bonds is 7. The normalized spacial score (nSPS) is 10.7. The molecule has 0 bridgehead atoms. The Kier molecular flexibility index (Phi) is 6.60. The Bertz CT molecular complexity index is 618. The van der Waals surface area contributed by atoms with Crippen LogP contribution in [0.5, 0.6) is 23.0 Å². The Balaban J connectivity index is 2.11. The van der Waals surface area contributed by atoms with Crippen LogP contribution in [-0.4, -0.2) is 18.0 Å². The van der Waals surface area contributed by atoms with Crippen LogP contribution in [0.3, 0.4) is 0 Å². The van der Waals surface area contributed by atoms with Gasteiger partial charge in [0.2, 0.25) is 0 Å². The summed E-state index contributed by atoms with van der Waals surface area (Å²) in [7, 11) is 0. The van der Waals surface area contributed by atoms with Gasteiger partial charge in [-0.15, -0.1) is 0 Å². The summed E-state index contributed by atoms with van der Waals surface area (Å²) in [6.45, 7) is 6.50. The van der Waals surface area contributed by atoms with Crippen molar-refractivity contribution in [2.24, 2.45) is 0 Å². The molecular formula is C18H20BrClO3. The van der Waals surface area contributed by atoms with Gasteiger partial charge in [0.25, 0.3) is 0 Å². The standard InChI is InChI=1S/C18H20BrClO3/c1-12(2)22-14-4-6-15(7-5-14)23-16-10-13(3)18(17(20)11-16)21-9-8-19/h4-7,10-12H,8-9H2,1-3H3. The van der Waals surface area contributed by atoms with Crippen LogP contribution in [0, 0.1) is 6.92 Å². The zero-order chi connectivity index (χ0) is 16.8. The van der Waals surface area contributed by atoms with Gasteiger partial charge in [-0.25, -0.2) is 0 Å². The molecule has 5 heteroatoms. The maximum atomic E-state index is 6.28. The van der Waals surface area contributed by atoms with Crippen molar-refractivity contribution in [2.45, 2.75) is 26.9 Å². The van der Waals surface area contributed by atoms with E-state index in [0.717, 1.165) is 22.4 Å². The molecule has 2 aromatic rings. The summed E-state index contributed by atoms with van der Waals surface area (Å²) < 4.78 is 17.1. The van der Waals surface area contributed by atoms with E-state index in [1.807, 2.05) is 51.1 Å². The van der Waals surface area contributed by atoms with Crippen LogP contribution in [0.4, 0.5) is 0 Å². The molecule has 0 amide bonds. The molecule has 0 aliphatic rings. The average molecular weight is 400 g/mol. The van der Waals surface area contributed by atoms with Gasteiger partial charge in [0.05, 0.1) is 17.7 Å². The van der Waals surface area contributed by atoms with Crippen molar-refractivity contribution in [3.8, 4) is 23.0 Å². The van der Waals surface area contributed by atoms with E-state index < -0.39 is 0 Å². The highest BCUT2D eigenvalue weighted by Crippen LogP contribution is 2.35. The molecule has 124 valence electrons. The van der Waals surface area contributed by atoms with E-state index in [2.05, 4.69) is 15.9 Å². The van der Waals surface area contributed by atoms with E-state index in [1.54, 1.807) is 6.07 Å². The second kappa shape index (κ2) is 8.46. The van der Waals surface area contributed by atoms with Crippen molar-refractivity contribution in [3.05, 3.63) is 47.0 Å². The maximum Gasteiger partial charge on any atom is 0.141 e. The van der Waals surface area contributed by atoms with E-state index in [1.165, 1.54) is 0 Å². The van der Waals surface area contributed by atoms with Gasteiger partial charge in [0.1, 0.15) is 23.0 Å². The topological polar surface area (TPSA) is 27.7 Å². The zero-order valence-electron chi connectivity index (χ0n) is 13.4. The van der Waals surface area contributed by atoms with Gasteiger partial charge in [-0.2, -0.15) is 0 Å². The molecule has 0 atom stereocenters. The van der Waals surface area contributed by atoms with Gasteiger partial charge in [-0.3, -0.25) is 0 Å². The number of hydrogen-bond donors (Lipinski definition) is 0. The molecule has 23 heavy (non-hydrogen) atoms. The molecule has 3 nitrogen and oxygen atoms in total. The Morgan fingerprint density at radius 3 is 2.26 bits per heavy atom. The van der Waals surface area contributed by atoms with Gasteiger partial charge < -0.3 is 14.2 Å². The molecule has 0 spiro atoms. The summed E-state index contributed by atoms with van der Waals surface area (Å²) in [5.74, 6) is 2.92. The Hall–Kier alpha value is -1.39. The fraction of sp³-hybridized carbons (Fsp3) is 0.333. The van der Waals surface area contributed by atoms with Crippen LogP contribution in [0.2, 0.25) is 5.02 Å². The lowest BCUT2D eigenvalue weighted by Gasteiger charge is -2.13. The maximum absolute atomic E-state index is 6.28. The van der Waals surface area contributed by atoms with Gasteiger partial charge in [0, 0.05) is 11.4 Å². The van der Waals surface area contributed by atoms with E-state index >= 15 is 0 Å². The minimum atomic E-state index is 0.148. The summed E-state index contributed by atoms with van der Waals surface area (Å²) in [6, 6.07) is 11.2. The molecule has 0 unspecified atom stereocenters. The average Bonchev–Trinajstić information content (AvgIpc) is 2.48. The first kappa shape index (κ1) is 18.0. The van der Waals surface area contributed by atoms with Gasteiger partial charge in [0.15, 0.2) is 0 Å². The van der Waals surface area contributed by atoms with E-state index in [4.69, 9.17) is 25.8 Å². The molecule has 2 aromatic carbocycles. The third-order valence-corrected chi connectivity index (χ3v) is 3.56. The highest BCUT2D eigenvalue weighted by Gasteiger charge is 2.09. The number of ether oxygens (including phenoxy) is 3. The monoisotopic (exact) mass is 398 g/mol. The van der Waals surface area contributed by atoms with Crippen molar-refractivity contribution < 1.29 is 14.2 Å². The first-order chi connectivity index (χ1) is 11.0. The van der Waals surface area contributed by atoms with Crippen LogP contribution in [0.25, 0.3) is 0 Å². The summed E-state index contributed by atoms with van der Waals surface area (Å²) in [5.41, 5.74) is 0.938. The quantitative estimate of drug-likeness (QED) is 0.534. The van der Waals surface area contributed by atoms with Crippen molar-refractivity contribution >= 4 is 27.5 Å². The summed E-state index contributed by atoms with van der Waals surface area (Å²) >= 11 is 9.61. The summed E-state index contributed by atoms with van der Waals surface area (Å²) in [6.07, 6.45) is 0.148. The van der Waals surface area contributed by atoms with E-state index in [9.17, 15) is 0 Å². The molecule has 0 saturated heterocycles. The van der Waals surface area contributed by atoms with Gasteiger partial charge >= 0.3 is 0 Å². The summed E-state index contributed by atoms with van der Waals surface area (Å²) in [5, 5.41) is 1.30. The molecular weight excluding hydrogens is 380 g/mol. The second-order valence-corrected chi connectivity index (χ2v) is 6.53. The molecule has 2 rings (SSSR count). The molecule has 0 radical (unpaired) electrons. The molecule has 0 heterocycles. The van der Waals surface area contributed by atoms with Crippen molar-refractivity contribution in [3.63, 3.8) is 0 Å². The largest absolute Gasteiger partial charge is 0.491 e. The number of hydrogen-bond acceptors (Lipinski definition) is 3. The predicted molar refractivity (Wildman–Crippen MR) is 97.8 cm³/mol. The third-order valence-electron chi connectivity index (χ3n) is 2.96. The minimum absolute atomic E-state index is 0.148. The first-order valence-electron chi connectivity index (χ1n) is 7.43. The lowest BCUT2D eigenvalue weighted by Crippen LogP contribution is -2.05. The van der Waals surface area contributed by atoms with Crippen molar-refractivity contribution in [1.29, 1.82) is 0 Å². The van der Waals surface area contributed by atoms with Crippen LogP contribution < -0.4 is 14.2 Å². The second-order valence-electron chi connectivity index (χ2n) is 5.33. The Morgan fingerprint density at radius 1 is 1.04 bits per heavy atom. The minimum Gasteiger partial charge on any atom is -0.491 e. The predicted octanol–water partition coefficient (Wildman–Crippen LogP) is 6.00. The third kappa shape index (κ3) is 5.33. The fourth-order valence-corrected chi connectivity index (χ4v) is 2.55. The smallest absolute Gasteiger partial charge is 0.141 e. The highest BCUT2D eigenvalue weighted by molar-refractivity contribution is 9.09. The Morgan fingerprint density at radius 2 is 1.70 bits per heavy atom. The molecule has 0 aromatic heterocycles. The molecule has 0 fully saturated rings. The van der Waals surface area contributed by atoms with Crippen molar-refractivity contribution in [1.82, 2.24) is 0 Å². The van der Waals surface area contributed by atoms with E-state index in [0.29, 0.717) is 23.1 Å². The molecule has 0 N–H and O–H groups in total. The SMILES string of the molecule is Cc1cc(Oc2ccc(OC(C)C)cc2)cc(Cl)c1OCCBr. The fourth-order valence-electron chi connectivity index (χ4n) is 2.08.